The van der Waals surface area contributed by atoms with Crippen molar-refractivity contribution in [1.82, 2.24) is 14.6 Å². The summed E-state index contributed by atoms with van der Waals surface area (Å²) < 4.78 is 11.5. The van der Waals surface area contributed by atoms with Crippen molar-refractivity contribution in [1.29, 1.82) is 0 Å². The van der Waals surface area contributed by atoms with Crippen molar-refractivity contribution < 1.29 is 14.3 Å². The molecule has 2 aromatic heterocycles. The molecule has 0 amide bonds. The van der Waals surface area contributed by atoms with Gasteiger partial charge < -0.3 is 9.47 Å². The first-order valence-electron chi connectivity index (χ1n) is 4.80. The molecular weight excluding hydrogens is 210 g/mol. The normalized spacial score (nSPS) is 10.4. The maximum atomic E-state index is 11.5. The molecule has 0 N–H and O–H groups in total. The zero-order valence-corrected chi connectivity index (χ0v) is 9.01. The van der Waals surface area contributed by atoms with E-state index in [4.69, 9.17) is 9.47 Å². The van der Waals surface area contributed by atoms with Crippen LogP contribution in [0.5, 0.6) is 5.88 Å². The second-order valence-electron chi connectivity index (χ2n) is 3.05. The van der Waals surface area contributed by atoms with E-state index in [9.17, 15) is 4.79 Å². The predicted octanol–water partition coefficient (Wildman–Crippen LogP) is 0.915. The second kappa shape index (κ2) is 4.18. The summed E-state index contributed by atoms with van der Waals surface area (Å²) in [6.45, 7) is 2.10. The molecular formula is C10H11N3O3. The molecule has 0 bridgehead atoms. The Bertz CT molecular complexity index is 521. The van der Waals surface area contributed by atoms with Gasteiger partial charge in [0.15, 0.2) is 0 Å². The molecule has 0 unspecified atom stereocenters. The summed E-state index contributed by atoms with van der Waals surface area (Å²) in [6, 6.07) is 1.64. The molecule has 0 fully saturated rings. The van der Waals surface area contributed by atoms with Crippen LogP contribution in [0.1, 0.15) is 17.3 Å². The van der Waals surface area contributed by atoms with Crippen LogP contribution in [0.25, 0.3) is 5.52 Å². The van der Waals surface area contributed by atoms with E-state index in [1.165, 1.54) is 18.0 Å². The molecule has 0 saturated heterocycles. The van der Waals surface area contributed by atoms with Crippen LogP contribution in [0.2, 0.25) is 0 Å². The van der Waals surface area contributed by atoms with E-state index in [2.05, 4.69) is 10.1 Å². The van der Waals surface area contributed by atoms with Crippen molar-refractivity contribution in [3.05, 3.63) is 24.2 Å². The molecule has 0 aliphatic carbocycles. The predicted molar refractivity (Wildman–Crippen MR) is 55.5 cm³/mol. The number of hydrogen-bond acceptors (Lipinski definition) is 5. The quantitative estimate of drug-likeness (QED) is 0.721. The van der Waals surface area contributed by atoms with Crippen molar-refractivity contribution in [3.63, 3.8) is 0 Å². The van der Waals surface area contributed by atoms with Crippen LogP contribution in [-0.4, -0.2) is 34.3 Å². The first-order chi connectivity index (χ1) is 7.76. The van der Waals surface area contributed by atoms with Crippen molar-refractivity contribution >= 4 is 11.5 Å². The Hall–Kier alpha value is -2.11. The number of fused-ring (bicyclic) bond motifs is 1. The number of methoxy groups -OCH3 is 1. The topological polar surface area (TPSA) is 65.7 Å². The molecule has 6 heteroatoms. The Morgan fingerprint density at radius 2 is 2.38 bits per heavy atom. The number of ether oxygens (including phenoxy) is 2. The third kappa shape index (κ3) is 1.69. The lowest BCUT2D eigenvalue weighted by Gasteiger charge is -1.98. The number of hydrogen-bond donors (Lipinski definition) is 0. The van der Waals surface area contributed by atoms with Crippen LogP contribution >= 0.6 is 0 Å². The van der Waals surface area contributed by atoms with Crippen LogP contribution in [0.4, 0.5) is 0 Å². The van der Waals surface area contributed by atoms with Gasteiger partial charge in [-0.25, -0.2) is 9.31 Å². The fourth-order valence-electron chi connectivity index (χ4n) is 1.39. The Morgan fingerprint density at radius 3 is 3.06 bits per heavy atom. The van der Waals surface area contributed by atoms with Gasteiger partial charge >= 0.3 is 5.97 Å². The van der Waals surface area contributed by atoms with Gasteiger partial charge in [0, 0.05) is 6.20 Å². The number of esters is 1. The Kier molecular flexibility index (Phi) is 2.72. The van der Waals surface area contributed by atoms with Crippen LogP contribution in [0.3, 0.4) is 0 Å². The van der Waals surface area contributed by atoms with Crippen molar-refractivity contribution in [3.8, 4) is 5.88 Å². The molecule has 0 saturated carbocycles. The summed E-state index contributed by atoms with van der Waals surface area (Å²) >= 11 is 0. The molecule has 6 nitrogen and oxygen atoms in total. The Labute approximate surface area is 91.8 Å². The maximum Gasteiger partial charge on any atom is 0.339 e. The number of aromatic nitrogens is 3. The standard InChI is InChI=1S/C10H11N3O3/c1-3-16-10(14)7-4-8-9(15-2)11-6-12-13(8)5-7/h4-6H,3H2,1-2H3. The van der Waals surface area contributed by atoms with Gasteiger partial charge in [0.25, 0.3) is 0 Å². The summed E-state index contributed by atoms with van der Waals surface area (Å²) in [5, 5.41) is 3.97. The van der Waals surface area contributed by atoms with E-state index in [-0.39, 0.29) is 5.97 Å². The van der Waals surface area contributed by atoms with Crippen molar-refractivity contribution in [2.45, 2.75) is 6.92 Å². The molecule has 16 heavy (non-hydrogen) atoms. The van der Waals surface area contributed by atoms with E-state index in [0.717, 1.165) is 0 Å². The number of carbonyl (C=O) groups is 1. The largest absolute Gasteiger partial charge is 0.479 e. The molecule has 0 aromatic carbocycles. The van der Waals surface area contributed by atoms with Crippen LogP contribution < -0.4 is 4.74 Å². The third-order valence-electron chi connectivity index (χ3n) is 2.08. The zero-order valence-electron chi connectivity index (χ0n) is 9.01. The van der Waals surface area contributed by atoms with Crippen molar-refractivity contribution in [2.24, 2.45) is 0 Å². The molecule has 0 aliphatic heterocycles. The van der Waals surface area contributed by atoms with E-state index in [1.54, 1.807) is 19.2 Å². The van der Waals surface area contributed by atoms with Crippen LogP contribution in [0.15, 0.2) is 18.6 Å². The lowest BCUT2D eigenvalue weighted by atomic mass is 10.3. The minimum atomic E-state index is -0.380. The third-order valence-corrected chi connectivity index (χ3v) is 2.08. The fraction of sp³-hybridized carbons (Fsp3) is 0.300. The van der Waals surface area contributed by atoms with Crippen molar-refractivity contribution in [2.75, 3.05) is 13.7 Å². The van der Waals surface area contributed by atoms with Gasteiger partial charge in [0.1, 0.15) is 11.8 Å². The lowest BCUT2D eigenvalue weighted by Crippen LogP contribution is -2.02. The molecule has 2 heterocycles. The number of carbonyl (C=O) groups excluding carboxylic acids is 1. The summed E-state index contributed by atoms with van der Waals surface area (Å²) in [7, 11) is 1.51. The minimum Gasteiger partial charge on any atom is -0.479 e. The molecule has 2 rings (SSSR count). The van der Waals surface area contributed by atoms with E-state index >= 15 is 0 Å². The first-order valence-corrected chi connectivity index (χ1v) is 4.80. The number of rotatable bonds is 3. The van der Waals surface area contributed by atoms with Crippen LogP contribution in [0, 0.1) is 0 Å². The summed E-state index contributed by atoms with van der Waals surface area (Å²) in [5.74, 6) is 0.0422. The SMILES string of the molecule is CCOC(=O)c1cc2c(OC)ncnn2c1. The zero-order chi connectivity index (χ0) is 11.5. The van der Waals surface area contributed by atoms with E-state index in [1.807, 2.05) is 0 Å². The van der Waals surface area contributed by atoms with Gasteiger partial charge in [0.2, 0.25) is 5.88 Å². The van der Waals surface area contributed by atoms with Gasteiger partial charge in [-0.1, -0.05) is 0 Å². The van der Waals surface area contributed by atoms with E-state index in [0.29, 0.717) is 23.6 Å². The summed E-state index contributed by atoms with van der Waals surface area (Å²) in [4.78, 5) is 15.4. The first kappa shape index (κ1) is 10.4. The second-order valence-corrected chi connectivity index (χ2v) is 3.05. The average molecular weight is 221 g/mol. The highest BCUT2D eigenvalue weighted by Crippen LogP contribution is 2.18. The van der Waals surface area contributed by atoms with Gasteiger partial charge in [-0.3, -0.25) is 0 Å². The Morgan fingerprint density at radius 1 is 1.56 bits per heavy atom. The Balaban J connectivity index is 2.47. The fourth-order valence-corrected chi connectivity index (χ4v) is 1.39. The number of nitrogens with zero attached hydrogens (tertiary/aromatic N) is 3. The molecule has 84 valence electrons. The highest BCUT2D eigenvalue weighted by atomic mass is 16.5. The van der Waals surface area contributed by atoms with Gasteiger partial charge in [-0.05, 0) is 13.0 Å². The monoisotopic (exact) mass is 221 g/mol. The van der Waals surface area contributed by atoms with Gasteiger partial charge in [-0.15, -0.1) is 0 Å². The molecule has 0 atom stereocenters. The summed E-state index contributed by atoms with van der Waals surface area (Å²) in [6.07, 6.45) is 2.94. The summed E-state index contributed by atoms with van der Waals surface area (Å²) in [5.41, 5.74) is 1.06. The van der Waals surface area contributed by atoms with E-state index < -0.39 is 0 Å². The van der Waals surface area contributed by atoms with Crippen LogP contribution in [-0.2, 0) is 4.74 Å². The molecule has 0 aliphatic rings. The molecule has 0 spiro atoms. The average Bonchev–Trinajstić information content (AvgIpc) is 2.72. The van der Waals surface area contributed by atoms with Gasteiger partial charge in [-0.2, -0.15) is 10.1 Å². The smallest absolute Gasteiger partial charge is 0.339 e. The molecule has 2 aromatic rings. The molecule has 0 radical (unpaired) electrons. The lowest BCUT2D eigenvalue weighted by molar-refractivity contribution is 0.0526. The minimum absolute atomic E-state index is 0.341. The maximum absolute atomic E-state index is 11.5. The highest BCUT2D eigenvalue weighted by molar-refractivity contribution is 5.91. The highest BCUT2D eigenvalue weighted by Gasteiger charge is 2.13. The van der Waals surface area contributed by atoms with Gasteiger partial charge in [0.05, 0.1) is 19.3 Å².